The number of aliphatic hydroxyl groups excluding tert-OH is 4. The van der Waals surface area contributed by atoms with Crippen molar-refractivity contribution >= 4 is 11.3 Å². The predicted molar refractivity (Wildman–Crippen MR) is 85.8 cm³/mol. The fourth-order valence-corrected chi connectivity index (χ4v) is 3.20. The molecule has 0 radical (unpaired) electrons. The minimum atomic E-state index is -1.47. The molecule has 1 fully saturated rings. The van der Waals surface area contributed by atoms with Crippen LogP contribution in [0.3, 0.4) is 0 Å². The molecular weight excluding hydrogens is 334 g/mol. The Morgan fingerprint density at radius 3 is 2.62 bits per heavy atom. The molecule has 1 aliphatic rings. The van der Waals surface area contributed by atoms with Crippen molar-refractivity contribution in [3.05, 3.63) is 46.4 Å². The number of thiazole rings is 1. The molecule has 0 amide bonds. The number of aliphatic hydroxyl groups is 4. The molecule has 5 atom stereocenters. The molecule has 2 heterocycles. The summed E-state index contributed by atoms with van der Waals surface area (Å²) in [5.41, 5.74) is 0.851. The van der Waals surface area contributed by atoms with Gasteiger partial charge < -0.3 is 29.9 Å². The van der Waals surface area contributed by atoms with E-state index in [1.54, 1.807) is 18.3 Å². The standard InChI is InChI=1S/C16H19NO6S/c18-8-11-13(19)14(20)15(21)16(23-11)22-10-4-2-1-3-9(10)7-12-17-5-6-24-12/h1-6,11,13-16,18-21H,7-8H2/t11-,13-,14+,15-,16-/m1/s1. The largest absolute Gasteiger partial charge is 0.462 e. The smallest absolute Gasteiger partial charge is 0.229 e. The molecule has 1 aliphatic heterocycles. The van der Waals surface area contributed by atoms with Gasteiger partial charge in [-0.25, -0.2) is 4.98 Å². The Hall–Kier alpha value is -1.55. The van der Waals surface area contributed by atoms with E-state index >= 15 is 0 Å². The Morgan fingerprint density at radius 2 is 1.92 bits per heavy atom. The van der Waals surface area contributed by atoms with E-state index < -0.39 is 37.3 Å². The highest BCUT2D eigenvalue weighted by Gasteiger charge is 2.44. The van der Waals surface area contributed by atoms with Crippen molar-refractivity contribution in [3.63, 3.8) is 0 Å². The number of para-hydroxylation sites is 1. The van der Waals surface area contributed by atoms with Crippen LogP contribution < -0.4 is 4.74 Å². The van der Waals surface area contributed by atoms with E-state index in [2.05, 4.69) is 4.98 Å². The summed E-state index contributed by atoms with van der Waals surface area (Å²) in [5, 5.41) is 41.8. The SMILES string of the molecule is OC[C@H]1O[C@@H](Oc2ccccc2Cc2nccs2)[C@H](O)[C@@H](O)[C@@H]1O. The molecule has 3 rings (SSSR count). The minimum absolute atomic E-state index is 0.483. The molecule has 0 bridgehead atoms. The summed E-state index contributed by atoms with van der Waals surface area (Å²) in [7, 11) is 0. The summed E-state index contributed by atoms with van der Waals surface area (Å²) in [6, 6.07) is 7.25. The Kier molecular flexibility index (Phi) is 5.44. The zero-order valence-corrected chi connectivity index (χ0v) is 13.5. The molecule has 24 heavy (non-hydrogen) atoms. The van der Waals surface area contributed by atoms with E-state index in [0.29, 0.717) is 12.2 Å². The lowest BCUT2D eigenvalue weighted by atomic mass is 9.99. The van der Waals surface area contributed by atoms with Gasteiger partial charge in [0, 0.05) is 23.6 Å². The van der Waals surface area contributed by atoms with E-state index in [1.165, 1.54) is 11.3 Å². The van der Waals surface area contributed by atoms with Crippen molar-refractivity contribution in [2.75, 3.05) is 6.61 Å². The second kappa shape index (κ2) is 7.56. The van der Waals surface area contributed by atoms with E-state index in [9.17, 15) is 20.4 Å². The third kappa shape index (κ3) is 3.59. The van der Waals surface area contributed by atoms with Gasteiger partial charge in [-0.15, -0.1) is 11.3 Å². The summed E-state index contributed by atoms with van der Waals surface area (Å²) in [5.74, 6) is 0.483. The lowest BCUT2D eigenvalue weighted by Crippen LogP contribution is -2.60. The number of aromatic nitrogens is 1. The second-order valence-electron chi connectivity index (χ2n) is 5.53. The summed E-state index contributed by atoms with van der Waals surface area (Å²) in [6.07, 6.45) is -4.22. The fraction of sp³-hybridized carbons (Fsp3) is 0.438. The summed E-state index contributed by atoms with van der Waals surface area (Å²) in [6.45, 7) is -0.494. The Bertz CT molecular complexity index is 650. The van der Waals surface area contributed by atoms with Crippen LogP contribution in [0, 0.1) is 0 Å². The number of nitrogens with zero attached hydrogens (tertiary/aromatic N) is 1. The van der Waals surface area contributed by atoms with Crippen LogP contribution >= 0.6 is 11.3 Å². The van der Waals surface area contributed by atoms with E-state index in [-0.39, 0.29) is 0 Å². The average molecular weight is 353 g/mol. The van der Waals surface area contributed by atoms with Crippen LogP contribution in [0.15, 0.2) is 35.8 Å². The average Bonchev–Trinajstić information content (AvgIpc) is 3.10. The van der Waals surface area contributed by atoms with Crippen molar-refractivity contribution in [2.45, 2.75) is 37.1 Å². The third-order valence-corrected chi connectivity index (χ3v) is 4.67. The molecule has 7 nitrogen and oxygen atoms in total. The van der Waals surface area contributed by atoms with Crippen molar-refractivity contribution in [3.8, 4) is 5.75 Å². The molecule has 0 spiro atoms. The van der Waals surface area contributed by atoms with Crippen molar-refractivity contribution in [2.24, 2.45) is 0 Å². The van der Waals surface area contributed by atoms with Gasteiger partial charge in [0.05, 0.1) is 11.6 Å². The number of rotatable bonds is 5. The third-order valence-electron chi connectivity index (χ3n) is 3.89. The van der Waals surface area contributed by atoms with Crippen LogP contribution in [0.2, 0.25) is 0 Å². The lowest BCUT2D eigenvalue weighted by Gasteiger charge is -2.39. The summed E-state index contributed by atoms with van der Waals surface area (Å²) in [4.78, 5) is 4.24. The van der Waals surface area contributed by atoms with Gasteiger partial charge in [-0.1, -0.05) is 18.2 Å². The molecule has 1 saturated heterocycles. The van der Waals surface area contributed by atoms with Gasteiger partial charge in [0.2, 0.25) is 6.29 Å². The van der Waals surface area contributed by atoms with Gasteiger partial charge in [0.1, 0.15) is 30.2 Å². The van der Waals surface area contributed by atoms with Crippen LogP contribution in [-0.4, -0.2) is 62.7 Å². The van der Waals surface area contributed by atoms with Crippen LogP contribution in [0.25, 0.3) is 0 Å². The van der Waals surface area contributed by atoms with Gasteiger partial charge in [-0.2, -0.15) is 0 Å². The van der Waals surface area contributed by atoms with Gasteiger partial charge in [0.15, 0.2) is 0 Å². The molecule has 2 aromatic rings. The van der Waals surface area contributed by atoms with Crippen molar-refractivity contribution in [1.82, 2.24) is 4.98 Å². The summed E-state index contributed by atoms with van der Waals surface area (Å²) >= 11 is 1.52. The highest BCUT2D eigenvalue weighted by atomic mass is 32.1. The Morgan fingerprint density at radius 1 is 1.12 bits per heavy atom. The number of hydrogen-bond donors (Lipinski definition) is 4. The highest BCUT2D eigenvalue weighted by Crippen LogP contribution is 2.28. The first kappa shape index (κ1) is 17.3. The van der Waals surface area contributed by atoms with E-state index in [4.69, 9.17) is 9.47 Å². The van der Waals surface area contributed by atoms with Crippen LogP contribution in [0.4, 0.5) is 0 Å². The summed E-state index contributed by atoms with van der Waals surface area (Å²) < 4.78 is 11.1. The maximum atomic E-state index is 10.1. The molecule has 0 aliphatic carbocycles. The molecule has 1 aromatic carbocycles. The van der Waals surface area contributed by atoms with Gasteiger partial charge in [-0.05, 0) is 6.07 Å². The first-order valence-corrected chi connectivity index (χ1v) is 8.41. The first-order valence-electron chi connectivity index (χ1n) is 7.53. The highest BCUT2D eigenvalue weighted by molar-refractivity contribution is 7.09. The maximum absolute atomic E-state index is 10.1. The van der Waals surface area contributed by atoms with Crippen LogP contribution in [0.5, 0.6) is 5.75 Å². The normalized spacial score (nSPS) is 30.2. The molecule has 0 saturated carbocycles. The topological polar surface area (TPSA) is 112 Å². The lowest BCUT2D eigenvalue weighted by molar-refractivity contribution is -0.277. The monoisotopic (exact) mass is 353 g/mol. The Balaban J connectivity index is 1.78. The van der Waals surface area contributed by atoms with Crippen molar-refractivity contribution < 1.29 is 29.9 Å². The predicted octanol–water partition coefficient (Wildman–Crippen LogP) is -0.0874. The molecule has 8 heteroatoms. The number of ether oxygens (including phenoxy) is 2. The number of hydrogen-bond acceptors (Lipinski definition) is 8. The molecule has 1 aromatic heterocycles. The quantitative estimate of drug-likeness (QED) is 0.594. The number of benzene rings is 1. The first-order chi connectivity index (χ1) is 11.6. The second-order valence-corrected chi connectivity index (χ2v) is 6.50. The van der Waals surface area contributed by atoms with Gasteiger partial charge in [-0.3, -0.25) is 0 Å². The maximum Gasteiger partial charge on any atom is 0.229 e. The van der Waals surface area contributed by atoms with Gasteiger partial charge >= 0.3 is 0 Å². The minimum Gasteiger partial charge on any atom is -0.462 e. The van der Waals surface area contributed by atoms with Crippen LogP contribution in [-0.2, 0) is 11.2 Å². The molecule has 4 N–H and O–H groups in total. The van der Waals surface area contributed by atoms with E-state index in [1.807, 2.05) is 17.5 Å². The van der Waals surface area contributed by atoms with Crippen molar-refractivity contribution in [1.29, 1.82) is 0 Å². The zero-order chi connectivity index (χ0) is 17.1. The fourth-order valence-electron chi connectivity index (χ4n) is 2.56. The molecular formula is C16H19NO6S. The van der Waals surface area contributed by atoms with E-state index in [0.717, 1.165) is 10.6 Å². The van der Waals surface area contributed by atoms with Crippen LogP contribution in [0.1, 0.15) is 10.6 Å². The molecule has 0 unspecified atom stereocenters. The van der Waals surface area contributed by atoms with Gasteiger partial charge in [0.25, 0.3) is 0 Å². The molecule has 130 valence electrons. The Labute approximate surface area is 142 Å². The zero-order valence-electron chi connectivity index (χ0n) is 12.7.